The summed E-state index contributed by atoms with van der Waals surface area (Å²) in [6.07, 6.45) is 0.353. The summed E-state index contributed by atoms with van der Waals surface area (Å²) in [6, 6.07) is 59.4. The van der Waals surface area contributed by atoms with Gasteiger partial charge in [-0.15, -0.1) is 47.0 Å². The Morgan fingerprint density at radius 3 is 1.01 bits per heavy atom. The Labute approximate surface area is 838 Å². The van der Waals surface area contributed by atoms with Gasteiger partial charge < -0.3 is 67.0 Å². The molecular formula is C109H98F3N5O22S4. The topological polar surface area (TPSA) is 313 Å². The van der Waals surface area contributed by atoms with Crippen LogP contribution in [0.25, 0.3) is 34.2 Å². The molecule has 143 heavy (non-hydrogen) atoms. The fraction of sp³-hybridized carbons (Fsp3) is 0.321. The van der Waals surface area contributed by atoms with Crippen molar-refractivity contribution in [3.8, 4) is 45.6 Å². The van der Waals surface area contributed by atoms with Crippen molar-refractivity contribution in [2.75, 3.05) is 103 Å². The smallest absolute Gasteiger partial charge is 0.416 e. The molecule has 5 fully saturated rings. The fourth-order valence-electron chi connectivity index (χ4n) is 19.6. The molecule has 4 spiro atoms. The number of aryl methyl sites for hydroxylation is 3. The second-order valence-electron chi connectivity index (χ2n) is 37.2. The summed E-state index contributed by atoms with van der Waals surface area (Å²) in [5.41, 5.74) is 6.15. The number of carbonyl (C=O) groups is 12. The molecule has 0 radical (unpaired) electrons. The van der Waals surface area contributed by atoms with E-state index >= 15 is 0 Å². The third-order valence-electron chi connectivity index (χ3n) is 27.8. The van der Waals surface area contributed by atoms with Crippen LogP contribution in [0.2, 0.25) is 0 Å². The average Bonchev–Trinajstić information content (AvgIpc) is 0.750. The molecule has 9 aromatic carbocycles. The third-order valence-corrected chi connectivity index (χ3v) is 33.1. The van der Waals surface area contributed by atoms with Gasteiger partial charge >= 0.3 is 30.5 Å². The highest BCUT2D eigenvalue weighted by Crippen LogP contribution is 2.54. The van der Waals surface area contributed by atoms with Gasteiger partial charge in [0.1, 0.15) is 99.6 Å². The number of thioether (sulfide) groups is 4. The zero-order valence-corrected chi connectivity index (χ0v) is 81.9. The summed E-state index contributed by atoms with van der Waals surface area (Å²) in [5.74, 6) is 2.64. The highest BCUT2D eigenvalue weighted by Gasteiger charge is 2.53. The van der Waals surface area contributed by atoms with E-state index in [1.807, 2.05) is 130 Å². The Kier molecular flexibility index (Phi) is 27.9. The van der Waals surface area contributed by atoms with Crippen LogP contribution < -0.4 is 28.4 Å². The van der Waals surface area contributed by atoms with E-state index in [1.165, 1.54) is 71.2 Å². The zero-order chi connectivity index (χ0) is 100.0. The monoisotopic (exact) mass is 2010 g/mol. The van der Waals surface area contributed by atoms with Gasteiger partial charge in [-0.2, -0.15) is 13.2 Å². The SMILES string of the molecule is COc1ccc2c(c1)C(=O)C(=O)C1=C2OC2(CCN(C(=O)Oc3cccc(C)c3)CC2)CS1.COc1ccc2c(c1)C1=C(SCC3(CCN(C(=O)Oc4cccc(C)c4)CC3)O1)C(=O)C2=O.Cc1cccc(OC(=O)N2CCC3(CC2)CSC2=C(O3)c3cc(-c4ccccc4)ccc3C(=O)C2=O)c1.O=C1C(=O)c2ccccc2C2=C1SCC1(CCN(C3CCN(C(=O)Oc4cccc(C(F)(F)F)c4)CC3)CC1)O2. The Balaban J connectivity index is 0.000000121. The molecule has 0 unspecified atom stereocenters. The summed E-state index contributed by atoms with van der Waals surface area (Å²) in [4.78, 5) is 163. The van der Waals surface area contributed by atoms with E-state index in [1.54, 1.807) is 94.6 Å². The summed E-state index contributed by atoms with van der Waals surface area (Å²) >= 11 is 5.54. The van der Waals surface area contributed by atoms with Crippen LogP contribution in [-0.4, -0.2) is 226 Å². The van der Waals surface area contributed by atoms with E-state index in [2.05, 4.69) is 4.90 Å². The third kappa shape index (κ3) is 20.5. The lowest BCUT2D eigenvalue weighted by Gasteiger charge is -2.48. The van der Waals surface area contributed by atoms with Crippen molar-refractivity contribution in [2.24, 2.45) is 0 Å². The van der Waals surface area contributed by atoms with Crippen LogP contribution in [0.3, 0.4) is 0 Å². The van der Waals surface area contributed by atoms with Crippen molar-refractivity contribution in [2.45, 2.75) is 120 Å². The number of alkyl halides is 3. The first-order valence-corrected chi connectivity index (χ1v) is 51.0. The van der Waals surface area contributed by atoms with Crippen LogP contribution >= 0.6 is 47.0 Å². The largest absolute Gasteiger partial charge is 0.497 e. The highest BCUT2D eigenvalue weighted by atomic mass is 32.2. The van der Waals surface area contributed by atoms with Gasteiger partial charge in [-0.3, -0.25) is 43.3 Å². The van der Waals surface area contributed by atoms with Gasteiger partial charge in [0.15, 0.2) is 0 Å². The molecule has 4 aliphatic carbocycles. The zero-order valence-electron chi connectivity index (χ0n) is 78.7. The first kappa shape index (κ1) is 98.1. The Morgan fingerprint density at radius 2 is 0.622 bits per heavy atom. The van der Waals surface area contributed by atoms with Crippen LogP contribution in [0.1, 0.15) is 150 Å². The molecule has 22 rings (SSSR count). The maximum Gasteiger partial charge on any atom is 0.416 e. The molecule has 9 aliphatic heterocycles. The van der Waals surface area contributed by atoms with Crippen molar-refractivity contribution in [3.05, 3.63) is 293 Å². The molecule has 9 aromatic rings. The number of allylic oxidation sites excluding steroid dienone is 4. The van der Waals surface area contributed by atoms with Crippen LogP contribution in [0.15, 0.2) is 226 Å². The molecule has 0 bridgehead atoms. The minimum atomic E-state index is -4.51. The number of ether oxygens (including phenoxy) is 10. The Bertz CT molecular complexity index is 6850. The first-order valence-electron chi connectivity index (χ1n) is 47.1. The summed E-state index contributed by atoms with van der Waals surface area (Å²) in [5, 5.41) is 0. The number of hydrogen-bond acceptors (Lipinski definition) is 27. The van der Waals surface area contributed by atoms with Gasteiger partial charge in [-0.1, -0.05) is 103 Å². The number of piperidine rings is 5. The summed E-state index contributed by atoms with van der Waals surface area (Å²) in [7, 11) is 3.07. The van der Waals surface area contributed by atoms with Gasteiger partial charge in [-0.05, 0) is 165 Å². The number of hydrogen-bond donors (Lipinski definition) is 0. The van der Waals surface area contributed by atoms with Crippen molar-refractivity contribution >= 4 is 141 Å². The number of rotatable bonds is 8. The number of benzene rings is 9. The van der Waals surface area contributed by atoms with Gasteiger partial charge in [0, 0.05) is 190 Å². The van der Waals surface area contributed by atoms with Crippen molar-refractivity contribution in [1.82, 2.24) is 24.5 Å². The molecule has 0 N–H and O–H groups in total. The normalized spacial score (nSPS) is 19.6. The quantitative estimate of drug-likeness (QED) is 0.128. The van der Waals surface area contributed by atoms with Crippen LogP contribution in [-0.2, 0) is 44.3 Å². The van der Waals surface area contributed by atoms with Gasteiger partial charge in [0.25, 0.3) is 0 Å². The van der Waals surface area contributed by atoms with Crippen molar-refractivity contribution < 1.29 is 118 Å². The molecule has 5 saturated heterocycles. The lowest BCUT2D eigenvalue weighted by molar-refractivity contribution is -0.137. The van der Waals surface area contributed by atoms with E-state index < -0.39 is 86.5 Å². The van der Waals surface area contributed by atoms with E-state index in [0.29, 0.717) is 230 Å². The van der Waals surface area contributed by atoms with E-state index in [-0.39, 0.29) is 30.1 Å². The standard InChI is InChI=1S/C30H25NO5S.C29H27F3N2O5S.2C25H23NO6S/c1-19-6-5-9-22(16-19)35-29(34)31-14-12-30(13-15-31)18-37-28-26(33)25(32)23-11-10-21(17-24(23)27(28)36-30)20-7-3-2-4-8-20;30-29(31,32)18-4-3-5-20(16-18)38-27(37)34-12-8-19(9-13-34)33-14-10-28(11-15-33)17-40-26-24(36)23(35)21-6-1-2-7-22(21)25(26)39-28;1-15-4-3-5-17(12-15)31-24(29)26-10-8-25(9-11-26)14-33-23-21(28)20(27)19-13-16(30-2)6-7-18(19)22(23)32-25;1-15-4-3-5-17(12-15)31-24(29)26-10-8-25(9-11-26)14-33-23-21(28)20(27)18-7-6-16(30-2)13-19(18)22(23)32-25/h2-11,16-17H,12-15,18H2,1H3;1-7,16,19H,8-15,17H2;2*3-7,12-13H,8-11,14H2,1-2H3. The fourth-order valence-corrected chi connectivity index (χ4v) is 24.7. The predicted molar refractivity (Wildman–Crippen MR) is 531 cm³/mol. The minimum absolute atomic E-state index is 0.126. The van der Waals surface area contributed by atoms with E-state index in [4.69, 9.17) is 47.4 Å². The van der Waals surface area contributed by atoms with Gasteiger partial charge in [-0.25, -0.2) is 19.2 Å². The van der Waals surface area contributed by atoms with E-state index in [0.717, 1.165) is 78.7 Å². The van der Waals surface area contributed by atoms with Crippen molar-refractivity contribution in [3.63, 3.8) is 0 Å². The minimum Gasteiger partial charge on any atom is -0.497 e. The summed E-state index contributed by atoms with van der Waals surface area (Å²) < 4.78 is 97.4. The average molecular weight is 2020 g/mol. The molecule has 4 amide bonds. The van der Waals surface area contributed by atoms with Crippen LogP contribution in [0.4, 0.5) is 32.3 Å². The lowest BCUT2D eigenvalue weighted by Crippen LogP contribution is -2.54. The van der Waals surface area contributed by atoms with Gasteiger partial charge in [0.2, 0.25) is 46.3 Å². The number of halogens is 3. The van der Waals surface area contributed by atoms with Crippen LogP contribution in [0.5, 0.6) is 34.5 Å². The molecule has 0 aromatic heterocycles. The highest BCUT2D eigenvalue weighted by molar-refractivity contribution is 8.05. The Morgan fingerprint density at radius 1 is 0.308 bits per heavy atom. The predicted octanol–water partition coefficient (Wildman–Crippen LogP) is 19.8. The molecule has 0 atom stereocenters. The maximum atomic E-state index is 13.0. The molecule has 9 heterocycles. The van der Waals surface area contributed by atoms with Gasteiger partial charge in [0.05, 0.1) is 19.8 Å². The summed E-state index contributed by atoms with van der Waals surface area (Å²) in [6.45, 7) is 11.3. The molecule has 0 saturated carbocycles. The number of Topliss-reactive ketones (excluding diaryl/α,β-unsaturated/α-hetero) is 8. The second kappa shape index (κ2) is 40.6. The Hall–Kier alpha value is -13.7. The number of methoxy groups -OCH3 is 2. The number of carbonyl (C=O) groups excluding carboxylic acids is 12. The van der Waals surface area contributed by atoms with Crippen molar-refractivity contribution in [1.29, 1.82) is 0 Å². The number of nitrogens with zero attached hydrogens (tertiary/aromatic N) is 5. The van der Waals surface area contributed by atoms with Crippen LogP contribution in [0, 0.1) is 20.8 Å². The molecule has 736 valence electrons. The number of likely N-dealkylation sites (tertiary alicyclic amines) is 5. The molecule has 27 nitrogen and oxygen atoms in total. The number of ketones is 8. The number of fused-ring (bicyclic) bond motifs is 8. The molecule has 13 aliphatic rings. The lowest BCUT2D eigenvalue weighted by atomic mass is 9.88. The molecule has 34 heteroatoms. The maximum absolute atomic E-state index is 13.0. The first-order chi connectivity index (χ1) is 68.8. The number of amides is 4. The molecular weight excluding hydrogens is 1920 g/mol. The van der Waals surface area contributed by atoms with E-state index in [9.17, 15) is 70.7 Å². The second-order valence-corrected chi connectivity index (χ2v) is 41.2.